The van der Waals surface area contributed by atoms with Gasteiger partial charge in [-0.3, -0.25) is 0 Å². The van der Waals surface area contributed by atoms with E-state index in [9.17, 15) is 0 Å². The highest BCUT2D eigenvalue weighted by Crippen LogP contribution is 2.16. The summed E-state index contributed by atoms with van der Waals surface area (Å²) < 4.78 is 5.40. The Morgan fingerprint density at radius 1 is 1.50 bits per heavy atom. The van der Waals surface area contributed by atoms with E-state index in [1.54, 1.807) is 6.26 Å². The maximum absolute atomic E-state index is 5.40. The summed E-state index contributed by atoms with van der Waals surface area (Å²) in [7, 11) is 2.06. The summed E-state index contributed by atoms with van der Waals surface area (Å²) in [6.07, 6.45) is 5.31. The molecule has 2 heterocycles. The van der Waals surface area contributed by atoms with Crippen molar-refractivity contribution in [2.24, 2.45) is 0 Å². The molecule has 90 valence electrons. The molecule has 1 atom stereocenters. The summed E-state index contributed by atoms with van der Waals surface area (Å²) in [6, 6.07) is 5.34. The minimum Gasteiger partial charge on any atom is -0.469 e. The molecule has 1 aromatic heterocycles. The quantitative estimate of drug-likeness (QED) is 0.843. The van der Waals surface area contributed by atoms with Gasteiger partial charge < -0.3 is 14.6 Å². The van der Waals surface area contributed by atoms with Crippen molar-refractivity contribution in [3.63, 3.8) is 0 Å². The summed E-state index contributed by atoms with van der Waals surface area (Å²) in [6.45, 7) is 4.70. The van der Waals surface area contributed by atoms with E-state index in [4.69, 9.17) is 4.42 Å². The number of hydrogen-bond donors (Lipinski definition) is 1. The first-order valence-electron chi connectivity index (χ1n) is 6.23. The molecular weight excluding hydrogens is 200 g/mol. The van der Waals surface area contributed by atoms with Crippen LogP contribution in [0.3, 0.4) is 0 Å². The highest BCUT2D eigenvalue weighted by Gasteiger charge is 2.22. The molecule has 3 nitrogen and oxygen atoms in total. The van der Waals surface area contributed by atoms with E-state index in [1.807, 2.05) is 6.07 Å². The average molecular weight is 222 g/mol. The molecule has 1 N–H and O–H groups in total. The molecule has 0 aromatic carbocycles. The third-order valence-corrected chi connectivity index (χ3v) is 3.64. The number of hydrogen-bond acceptors (Lipinski definition) is 3. The lowest BCUT2D eigenvalue weighted by atomic mass is 10.0. The Kier molecular flexibility index (Phi) is 4.02. The number of furan rings is 1. The van der Waals surface area contributed by atoms with Gasteiger partial charge in [-0.25, -0.2) is 0 Å². The topological polar surface area (TPSA) is 28.4 Å². The van der Waals surface area contributed by atoms with Crippen LogP contribution in [-0.2, 0) is 6.42 Å². The van der Waals surface area contributed by atoms with E-state index in [2.05, 4.69) is 30.3 Å². The molecule has 1 saturated heterocycles. The molecule has 1 aliphatic rings. The molecule has 1 unspecified atom stereocenters. The second kappa shape index (κ2) is 5.51. The third kappa shape index (κ3) is 2.86. The van der Waals surface area contributed by atoms with Gasteiger partial charge in [-0.15, -0.1) is 0 Å². The van der Waals surface area contributed by atoms with Crippen molar-refractivity contribution in [1.29, 1.82) is 0 Å². The van der Waals surface area contributed by atoms with Crippen LogP contribution in [0.5, 0.6) is 0 Å². The number of rotatable bonds is 4. The van der Waals surface area contributed by atoms with Gasteiger partial charge in [-0.05, 0) is 52.0 Å². The van der Waals surface area contributed by atoms with Crippen LogP contribution in [0.2, 0.25) is 0 Å². The Morgan fingerprint density at radius 3 is 2.81 bits per heavy atom. The molecule has 0 bridgehead atoms. The van der Waals surface area contributed by atoms with E-state index in [-0.39, 0.29) is 0 Å². The molecular formula is C13H22N2O. The zero-order chi connectivity index (χ0) is 11.4. The SMILES string of the molecule is CNC1CCN(C(C)Cc2ccco2)CC1. The first-order valence-corrected chi connectivity index (χ1v) is 6.23. The Morgan fingerprint density at radius 2 is 2.25 bits per heavy atom. The molecule has 1 fully saturated rings. The third-order valence-electron chi connectivity index (χ3n) is 3.64. The van der Waals surface area contributed by atoms with Crippen LogP contribution in [0.1, 0.15) is 25.5 Å². The van der Waals surface area contributed by atoms with Gasteiger partial charge in [0.15, 0.2) is 0 Å². The van der Waals surface area contributed by atoms with E-state index in [0.29, 0.717) is 12.1 Å². The Bertz CT molecular complexity index is 289. The monoisotopic (exact) mass is 222 g/mol. The van der Waals surface area contributed by atoms with Crippen LogP contribution in [0.15, 0.2) is 22.8 Å². The minimum absolute atomic E-state index is 0.587. The van der Waals surface area contributed by atoms with Crippen LogP contribution in [0.25, 0.3) is 0 Å². The van der Waals surface area contributed by atoms with E-state index < -0.39 is 0 Å². The summed E-state index contributed by atoms with van der Waals surface area (Å²) in [4.78, 5) is 2.57. The highest BCUT2D eigenvalue weighted by atomic mass is 16.3. The van der Waals surface area contributed by atoms with E-state index in [1.165, 1.54) is 25.9 Å². The summed E-state index contributed by atoms with van der Waals surface area (Å²) in [5.74, 6) is 1.10. The summed E-state index contributed by atoms with van der Waals surface area (Å²) >= 11 is 0. The highest BCUT2D eigenvalue weighted by molar-refractivity contribution is 5.00. The van der Waals surface area contributed by atoms with Crippen LogP contribution in [0.4, 0.5) is 0 Å². The number of nitrogens with one attached hydrogen (secondary N) is 1. The van der Waals surface area contributed by atoms with E-state index in [0.717, 1.165) is 12.2 Å². The summed E-state index contributed by atoms with van der Waals surface area (Å²) in [5.41, 5.74) is 0. The minimum atomic E-state index is 0.587. The molecule has 0 spiro atoms. The number of nitrogens with zero attached hydrogens (tertiary/aromatic N) is 1. The van der Waals surface area contributed by atoms with E-state index >= 15 is 0 Å². The van der Waals surface area contributed by atoms with Crippen LogP contribution < -0.4 is 5.32 Å². The first kappa shape index (κ1) is 11.7. The maximum Gasteiger partial charge on any atom is 0.105 e. The lowest BCUT2D eigenvalue weighted by Gasteiger charge is -2.35. The number of piperidine rings is 1. The summed E-state index contributed by atoms with van der Waals surface area (Å²) in [5, 5.41) is 3.36. The van der Waals surface area contributed by atoms with Crippen LogP contribution in [0, 0.1) is 0 Å². The fourth-order valence-electron chi connectivity index (χ4n) is 2.48. The van der Waals surface area contributed by atoms with Gasteiger partial charge in [-0.1, -0.05) is 0 Å². The lowest BCUT2D eigenvalue weighted by Crippen LogP contribution is -2.45. The second-order valence-electron chi connectivity index (χ2n) is 4.73. The van der Waals surface area contributed by atoms with Crippen molar-refractivity contribution in [3.05, 3.63) is 24.2 Å². The van der Waals surface area contributed by atoms with Gasteiger partial charge in [-0.2, -0.15) is 0 Å². The zero-order valence-corrected chi connectivity index (χ0v) is 10.3. The second-order valence-corrected chi connectivity index (χ2v) is 4.73. The molecule has 2 rings (SSSR count). The average Bonchev–Trinajstić information content (AvgIpc) is 2.82. The van der Waals surface area contributed by atoms with Crippen molar-refractivity contribution in [1.82, 2.24) is 10.2 Å². The smallest absolute Gasteiger partial charge is 0.105 e. The predicted octanol–water partition coefficient (Wildman–Crippen LogP) is 1.89. The molecule has 3 heteroatoms. The van der Waals surface area contributed by atoms with Gasteiger partial charge in [0.2, 0.25) is 0 Å². The van der Waals surface area contributed by atoms with Crippen molar-refractivity contribution >= 4 is 0 Å². The normalized spacial score (nSPS) is 21.1. The van der Waals surface area contributed by atoms with Gasteiger partial charge in [0, 0.05) is 18.5 Å². The standard InChI is InChI=1S/C13H22N2O/c1-11(10-13-4-3-9-16-13)15-7-5-12(14-2)6-8-15/h3-4,9,11-12,14H,5-8,10H2,1-2H3. The molecule has 0 radical (unpaired) electrons. The lowest BCUT2D eigenvalue weighted by molar-refractivity contribution is 0.150. The largest absolute Gasteiger partial charge is 0.469 e. The zero-order valence-electron chi connectivity index (χ0n) is 10.3. The predicted molar refractivity (Wildman–Crippen MR) is 65.5 cm³/mol. The van der Waals surface area contributed by atoms with Crippen molar-refractivity contribution < 1.29 is 4.42 Å². The fourth-order valence-corrected chi connectivity index (χ4v) is 2.48. The van der Waals surface area contributed by atoms with Crippen molar-refractivity contribution in [2.75, 3.05) is 20.1 Å². The van der Waals surface area contributed by atoms with Crippen LogP contribution in [-0.4, -0.2) is 37.1 Å². The Hall–Kier alpha value is -0.800. The Labute approximate surface area is 97.8 Å². The number of likely N-dealkylation sites (tertiary alicyclic amines) is 1. The van der Waals surface area contributed by atoms with Crippen molar-refractivity contribution in [3.8, 4) is 0 Å². The van der Waals surface area contributed by atoms with Crippen LogP contribution >= 0.6 is 0 Å². The van der Waals surface area contributed by atoms with Gasteiger partial charge in [0.25, 0.3) is 0 Å². The van der Waals surface area contributed by atoms with Gasteiger partial charge in [0.1, 0.15) is 5.76 Å². The molecule has 1 aromatic rings. The molecule has 16 heavy (non-hydrogen) atoms. The fraction of sp³-hybridized carbons (Fsp3) is 0.692. The van der Waals surface area contributed by atoms with Crippen molar-refractivity contribution in [2.45, 2.75) is 38.3 Å². The van der Waals surface area contributed by atoms with Gasteiger partial charge >= 0.3 is 0 Å². The molecule has 0 aliphatic carbocycles. The van der Waals surface area contributed by atoms with Gasteiger partial charge in [0.05, 0.1) is 6.26 Å². The maximum atomic E-state index is 5.40. The molecule has 1 aliphatic heterocycles. The molecule has 0 saturated carbocycles. The molecule has 0 amide bonds. The first-order chi connectivity index (χ1) is 7.79. The Balaban J connectivity index is 1.80.